The van der Waals surface area contributed by atoms with Crippen molar-refractivity contribution in [3.63, 3.8) is 0 Å². The average Bonchev–Trinajstić information content (AvgIpc) is 2.16. The maximum Gasteiger partial charge on any atom is 0.395 e. The highest BCUT2D eigenvalue weighted by Gasteiger charge is 2.30. The van der Waals surface area contributed by atoms with E-state index in [4.69, 9.17) is 4.74 Å². The van der Waals surface area contributed by atoms with E-state index in [1.807, 2.05) is 0 Å². The van der Waals surface area contributed by atoms with Crippen LogP contribution in [0, 0.1) is 0 Å². The van der Waals surface area contributed by atoms with Crippen LogP contribution in [0.5, 0.6) is 5.75 Å². The number of ketones is 1. The highest BCUT2D eigenvalue weighted by Crippen LogP contribution is 2.21. The molecule has 0 unspecified atom stereocenters. The Hall–Kier alpha value is -1.52. The molecule has 88 valence electrons. The molecule has 0 saturated heterocycles. The minimum absolute atomic E-state index is 0.205. The number of benzene rings is 1. The summed E-state index contributed by atoms with van der Waals surface area (Å²) >= 11 is 0. The van der Waals surface area contributed by atoms with Crippen molar-refractivity contribution in [1.29, 1.82) is 0 Å². The lowest BCUT2D eigenvalue weighted by Crippen LogP contribution is -2.16. The minimum atomic E-state index is -4.43. The zero-order valence-corrected chi connectivity index (χ0v) is 8.67. The van der Waals surface area contributed by atoms with Crippen molar-refractivity contribution >= 4 is 5.78 Å². The van der Waals surface area contributed by atoms with Crippen molar-refractivity contribution in [1.82, 2.24) is 0 Å². The van der Waals surface area contributed by atoms with Gasteiger partial charge in [-0.05, 0) is 17.7 Å². The maximum absolute atomic E-state index is 11.9. The molecule has 0 N–H and O–H groups in total. The van der Waals surface area contributed by atoms with Crippen molar-refractivity contribution in [2.75, 3.05) is 7.11 Å². The summed E-state index contributed by atoms with van der Waals surface area (Å²) in [4.78, 5) is 11.0. The fraction of sp³-hybridized carbons (Fsp3) is 0.364. The summed E-state index contributed by atoms with van der Waals surface area (Å²) in [7, 11) is 1.49. The Morgan fingerprint density at radius 2 is 1.81 bits per heavy atom. The Bertz CT molecular complexity index is 354. The van der Waals surface area contributed by atoms with Gasteiger partial charge in [-0.25, -0.2) is 0 Å². The summed E-state index contributed by atoms with van der Waals surface area (Å²) in [5.74, 6) is -0.232. The van der Waals surface area contributed by atoms with Gasteiger partial charge in [0, 0.05) is 6.42 Å². The van der Waals surface area contributed by atoms with Crippen LogP contribution in [-0.2, 0) is 11.2 Å². The molecular weight excluding hydrogens is 221 g/mol. The third-order valence-corrected chi connectivity index (χ3v) is 1.96. The van der Waals surface area contributed by atoms with Crippen LogP contribution in [0.25, 0.3) is 0 Å². The molecule has 0 spiro atoms. The summed E-state index contributed by atoms with van der Waals surface area (Å²) in [6.45, 7) is 0. The summed E-state index contributed by atoms with van der Waals surface area (Å²) in [5.41, 5.74) is 0.551. The quantitative estimate of drug-likeness (QED) is 0.797. The van der Waals surface area contributed by atoms with Gasteiger partial charge in [0.25, 0.3) is 0 Å². The standard InChI is InChI=1S/C11H11F3O2/c1-16-10-4-2-8(3-5-10)6-9(15)7-11(12,13)14/h2-5H,6-7H2,1H3. The number of ether oxygens (including phenoxy) is 1. The van der Waals surface area contributed by atoms with E-state index in [9.17, 15) is 18.0 Å². The van der Waals surface area contributed by atoms with Crippen LogP contribution in [0.2, 0.25) is 0 Å². The van der Waals surface area contributed by atoms with Crippen molar-refractivity contribution in [2.24, 2.45) is 0 Å². The molecule has 0 aliphatic carbocycles. The molecule has 0 aliphatic rings. The third kappa shape index (κ3) is 4.33. The van der Waals surface area contributed by atoms with Crippen LogP contribution in [0.3, 0.4) is 0 Å². The summed E-state index contributed by atoms with van der Waals surface area (Å²) in [6.07, 6.45) is -6.01. The lowest BCUT2D eigenvalue weighted by molar-refractivity contribution is -0.151. The lowest BCUT2D eigenvalue weighted by atomic mass is 10.1. The SMILES string of the molecule is COc1ccc(CC(=O)CC(F)(F)F)cc1. The fourth-order valence-electron chi connectivity index (χ4n) is 1.26. The first-order chi connectivity index (χ1) is 7.40. The molecule has 0 bridgehead atoms. The molecule has 1 aromatic carbocycles. The first kappa shape index (κ1) is 12.5. The molecule has 0 atom stereocenters. The third-order valence-electron chi connectivity index (χ3n) is 1.96. The van der Waals surface area contributed by atoms with Gasteiger partial charge in [0.05, 0.1) is 7.11 Å². The number of Topliss-reactive ketones (excluding diaryl/α,β-unsaturated/α-hetero) is 1. The van der Waals surface area contributed by atoms with Gasteiger partial charge in [-0.15, -0.1) is 0 Å². The molecule has 16 heavy (non-hydrogen) atoms. The second-order valence-electron chi connectivity index (χ2n) is 3.36. The predicted molar refractivity (Wildman–Crippen MR) is 52.4 cm³/mol. The zero-order valence-electron chi connectivity index (χ0n) is 8.67. The molecule has 0 amide bonds. The summed E-state index contributed by atoms with van der Waals surface area (Å²) in [6, 6.07) is 6.37. The van der Waals surface area contributed by atoms with E-state index in [2.05, 4.69) is 0 Å². The Labute approximate surface area is 91.0 Å². The number of methoxy groups -OCH3 is 1. The van der Waals surface area contributed by atoms with Crippen LogP contribution < -0.4 is 4.74 Å². The van der Waals surface area contributed by atoms with E-state index in [0.717, 1.165) is 0 Å². The van der Waals surface area contributed by atoms with Crippen LogP contribution in [0.4, 0.5) is 13.2 Å². The van der Waals surface area contributed by atoms with E-state index < -0.39 is 18.4 Å². The molecule has 0 heterocycles. The normalized spacial score (nSPS) is 11.2. The van der Waals surface area contributed by atoms with Crippen LogP contribution in [0.1, 0.15) is 12.0 Å². The number of halogens is 3. The average molecular weight is 232 g/mol. The molecule has 0 fully saturated rings. The number of hydrogen-bond acceptors (Lipinski definition) is 2. The molecule has 0 aliphatic heterocycles. The number of hydrogen-bond donors (Lipinski definition) is 0. The van der Waals surface area contributed by atoms with Crippen molar-refractivity contribution in [3.05, 3.63) is 29.8 Å². The summed E-state index contributed by atoms with van der Waals surface area (Å²) < 4.78 is 40.5. The first-order valence-corrected chi connectivity index (χ1v) is 4.62. The van der Waals surface area contributed by atoms with Gasteiger partial charge in [-0.1, -0.05) is 12.1 Å². The van der Waals surface area contributed by atoms with Gasteiger partial charge >= 0.3 is 6.18 Å². The van der Waals surface area contributed by atoms with Crippen LogP contribution in [-0.4, -0.2) is 19.1 Å². The largest absolute Gasteiger partial charge is 0.497 e. The Balaban J connectivity index is 2.56. The van der Waals surface area contributed by atoms with E-state index in [1.165, 1.54) is 7.11 Å². The van der Waals surface area contributed by atoms with Gasteiger partial charge in [-0.2, -0.15) is 13.2 Å². The Morgan fingerprint density at radius 1 is 1.25 bits per heavy atom. The molecule has 0 radical (unpaired) electrons. The number of carbonyl (C=O) groups is 1. The van der Waals surface area contributed by atoms with E-state index in [1.54, 1.807) is 24.3 Å². The first-order valence-electron chi connectivity index (χ1n) is 4.62. The molecule has 1 aromatic rings. The topological polar surface area (TPSA) is 26.3 Å². The fourth-order valence-corrected chi connectivity index (χ4v) is 1.26. The number of carbonyl (C=O) groups excluding carboxylic acids is 1. The molecule has 5 heteroatoms. The van der Waals surface area contributed by atoms with Gasteiger partial charge in [-0.3, -0.25) is 4.79 Å². The van der Waals surface area contributed by atoms with Crippen molar-refractivity contribution in [2.45, 2.75) is 19.0 Å². The number of rotatable bonds is 4. The van der Waals surface area contributed by atoms with E-state index in [-0.39, 0.29) is 6.42 Å². The Kier molecular flexibility index (Phi) is 3.93. The van der Waals surface area contributed by atoms with Gasteiger partial charge < -0.3 is 4.74 Å². The second kappa shape index (κ2) is 5.01. The molecule has 1 rings (SSSR count). The molecule has 0 aromatic heterocycles. The van der Waals surface area contributed by atoms with Crippen LogP contribution in [0.15, 0.2) is 24.3 Å². The van der Waals surface area contributed by atoms with E-state index >= 15 is 0 Å². The van der Waals surface area contributed by atoms with Crippen molar-refractivity contribution < 1.29 is 22.7 Å². The molecule has 0 saturated carbocycles. The van der Waals surface area contributed by atoms with Gasteiger partial charge in [0.1, 0.15) is 18.0 Å². The zero-order chi connectivity index (χ0) is 12.2. The van der Waals surface area contributed by atoms with Gasteiger partial charge in [0.2, 0.25) is 0 Å². The highest BCUT2D eigenvalue weighted by molar-refractivity contribution is 5.81. The molecule has 2 nitrogen and oxygen atoms in total. The summed E-state index contributed by atoms with van der Waals surface area (Å²) in [5, 5.41) is 0. The minimum Gasteiger partial charge on any atom is -0.497 e. The lowest BCUT2D eigenvalue weighted by Gasteiger charge is -2.05. The van der Waals surface area contributed by atoms with Gasteiger partial charge in [0.15, 0.2) is 0 Å². The second-order valence-corrected chi connectivity index (χ2v) is 3.36. The predicted octanol–water partition coefficient (Wildman–Crippen LogP) is 2.76. The smallest absolute Gasteiger partial charge is 0.395 e. The highest BCUT2D eigenvalue weighted by atomic mass is 19.4. The maximum atomic E-state index is 11.9. The van der Waals surface area contributed by atoms with Crippen molar-refractivity contribution in [3.8, 4) is 5.75 Å². The number of alkyl halides is 3. The van der Waals surface area contributed by atoms with Crippen LogP contribution >= 0.6 is 0 Å². The molecular formula is C11H11F3O2. The van der Waals surface area contributed by atoms with E-state index in [0.29, 0.717) is 11.3 Å². The monoisotopic (exact) mass is 232 g/mol. The Morgan fingerprint density at radius 3 is 2.25 bits per heavy atom.